The smallest absolute Gasteiger partial charge is 0.344 e. The number of esters is 1. The van der Waals surface area contributed by atoms with Crippen molar-refractivity contribution in [2.45, 2.75) is 6.92 Å². The van der Waals surface area contributed by atoms with E-state index in [2.05, 4.69) is 0 Å². The van der Waals surface area contributed by atoms with Crippen molar-refractivity contribution in [3.05, 3.63) is 53.6 Å². The van der Waals surface area contributed by atoms with Crippen molar-refractivity contribution in [3.8, 4) is 23.0 Å². The van der Waals surface area contributed by atoms with Crippen LogP contribution < -0.4 is 18.9 Å². The molecular weight excluding hydrogens is 376 g/mol. The number of hydrogen-bond acceptors (Lipinski definition) is 7. The molecule has 0 aliphatic rings. The largest absolute Gasteiger partial charge is 0.497 e. The molecule has 7 heteroatoms. The van der Waals surface area contributed by atoms with Gasteiger partial charge in [0.15, 0.2) is 24.7 Å². The lowest BCUT2D eigenvalue weighted by Gasteiger charge is -2.12. The summed E-state index contributed by atoms with van der Waals surface area (Å²) in [6.07, 6.45) is 3.82. The quantitative estimate of drug-likeness (QED) is 0.446. The average molecular weight is 400 g/mol. The van der Waals surface area contributed by atoms with Gasteiger partial charge in [-0.25, -0.2) is 4.79 Å². The highest BCUT2D eigenvalue weighted by Crippen LogP contribution is 2.28. The molecule has 2 aromatic rings. The molecule has 7 nitrogen and oxygen atoms in total. The van der Waals surface area contributed by atoms with E-state index in [9.17, 15) is 9.59 Å². The number of rotatable bonds is 10. The van der Waals surface area contributed by atoms with Crippen molar-refractivity contribution >= 4 is 17.8 Å². The minimum atomic E-state index is -0.676. The minimum Gasteiger partial charge on any atom is -0.497 e. The first-order chi connectivity index (χ1) is 14.0. The zero-order valence-corrected chi connectivity index (χ0v) is 16.9. The topological polar surface area (TPSA) is 80.3 Å². The van der Waals surface area contributed by atoms with Gasteiger partial charge in [-0.15, -0.1) is 0 Å². The summed E-state index contributed by atoms with van der Waals surface area (Å²) in [7, 11) is 4.47. The lowest BCUT2D eigenvalue weighted by atomic mass is 10.1. The van der Waals surface area contributed by atoms with E-state index in [0.717, 1.165) is 5.56 Å². The second kappa shape index (κ2) is 10.8. The molecule has 2 rings (SSSR count). The Morgan fingerprint density at radius 1 is 0.862 bits per heavy atom. The van der Waals surface area contributed by atoms with Crippen LogP contribution in [0.5, 0.6) is 23.0 Å². The predicted molar refractivity (Wildman–Crippen MR) is 108 cm³/mol. The fraction of sp³-hybridized carbons (Fsp3) is 0.273. The SMILES string of the molecule is C/C=C/c1ccc(OCC(=O)OCC(=O)c2ccc(OC)cc2OC)c(OC)c1. The van der Waals surface area contributed by atoms with Crippen LogP contribution in [0.1, 0.15) is 22.8 Å². The van der Waals surface area contributed by atoms with Gasteiger partial charge in [-0.05, 0) is 36.8 Å². The lowest BCUT2D eigenvalue weighted by Crippen LogP contribution is -2.20. The summed E-state index contributed by atoms with van der Waals surface area (Å²) in [6, 6.07) is 10.1. The van der Waals surface area contributed by atoms with Crippen LogP contribution in [0.4, 0.5) is 0 Å². The van der Waals surface area contributed by atoms with Gasteiger partial charge in [-0.1, -0.05) is 18.2 Å². The van der Waals surface area contributed by atoms with Crippen molar-refractivity contribution in [3.63, 3.8) is 0 Å². The third-order valence-electron chi connectivity index (χ3n) is 3.97. The van der Waals surface area contributed by atoms with Gasteiger partial charge < -0.3 is 23.7 Å². The van der Waals surface area contributed by atoms with Crippen LogP contribution in [0.2, 0.25) is 0 Å². The van der Waals surface area contributed by atoms with Crippen LogP contribution in [0.3, 0.4) is 0 Å². The Morgan fingerprint density at radius 2 is 1.62 bits per heavy atom. The summed E-state index contributed by atoms with van der Waals surface area (Å²) in [5.41, 5.74) is 1.24. The number of Topliss-reactive ketones (excluding diaryl/α,β-unsaturated/α-hetero) is 1. The molecule has 0 radical (unpaired) electrons. The second-order valence-corrected chi connectivity index (χ2v) is 5.85. The average Bonchev–Trinajstić information content (AvgIpc) is 2.75. The molecule has 154 valence electrons. The van der Waals surface area contributed by atoms with Crippen molar-refractivity contribution in [1.82, 2.24) is 0 Å². The zero-order valence-electron chi connectivity index (χ0n) is 16.9. The highest BCUT2D eigenvalue weighted by atomic mass is 16.6. The molecule has 0 aliphatic carbocycles. The number of allylic oxidation sites excluding steroid dienone is 1. The third-order valence-corrected chi connectivity index (χ3v) is 3.97. The molecule has 0 atom stereocenters. The molecule has 0 unspecified atom stereocenters. The Kier molecular flexibility index (Phi) is 8.09. The van der Waals surface area contributed by atoms with Gasteiger partial charge in [0.05, 0.1) is 26.9 Å². The second-order valence-electron chi connectivity index (χ2n) is 5.85. The van der Waals surface area contributed by atoms with E-state index < -0.39 is 18.4 Å². The van der Waals surface area contributed by atoms with Crippen molar-refractivity contribution in [1.29, 1.82) is 0 Å². The van der Waals surface area contributed by atoms with E-state index in [4.69, 9.17) is 23.7 Å². The molecule has 0 heterocycles. The van der Waals surface area contributed by atoms with Gasteiger partial charge in [-0.3, -0.25) is 4.79 Å². The summed E-state index contributed by atoms with van der Waals surface area (Å²) in [4.78, 5) is 24.3. The van der Waals surface area contributed by atoms with Gasteiger partial charge in [0, 0.05) is 6.07 Å². The van der Waals surface area contributed by atoms with E-state index in [0.29, 0.717) is 28.6 Å². The molecular formula is C22H24O7. The van der Waals surface area contributed by atoms with Crippen LogP contribution in [-0.4, -0.2) is 46.3 Å². The van der Waals surface area contributed by atoms with Crippen molar-refractivity contribution in [2.75, 3.05) is 34.5 Å². The number of ketones is 1. The van der Waals surface area contributed by atoms with E-state index in [1.807, 2.05) is 25.1 Å². The first-order valence-electron chi connectivity index (χ1n) is 8.86. The monoisotopic (exact) mass is 400 g/mol. The van der Waals surface area contributed by atoms with Gasteiger partial charge >= 0.3 is 5.97 Å². The van der Waals surface area contributed by atoms with Gasteiger partial charge in [-0.2, -0.15) is 0 Å². The van der Waals surface area contributed by atoms with Crippen LogP contribution >= 0.6 is 0 Å². The highest BCUT2D eigenvalue weighted by Gasteiger charge is 2.16. The molecule has 0 saturated carbocycles. The minimum absolute atomic E-state index is 0.295. The van der Waals surface area contributed by atoms with Crippen LogP contribution in [0, 0.1) is 0 Å². The highest BCUT2D eigenvalue weighted by molar-refractivity contribution is 6.00. The fourth-order valence-corrected chi connectivity index (χ4v) is 2.53. The molecule has 0 aliphatic heterocycles. The normalized spacial score (nSPS) is 10.5. The summed E-state index contributed by atoms with van der Waals surface area (Å²) in [6.45, 7) is 1.13. The van der Waals surface area contributed by atoms with Crippen molar-refractivity contribution in [2.24, 2.45) is 0 Å². The van der Waals surface area contributed by atoms with Gasteiger partial charge in [0.25, 0.3) is 0 Å². The first kappa shape index (κ1) is 21.8. The van der Waals surface area contributed by atoms with Crippen molar-refractivity contribution < 1.29 is 33.3 Å². The molecule has 2 aromatic carbocycles. The standard InChI is InChI=1S/C22H24O7/c1-5-6-15-7-10-19(21(11-15)27-4)28-14-22(24)29-13-18(23)17-9-8-16(25-2)12-20(17)26-3/h5-12H,13-14H2,1-4H3/b6-5+. The molecule has 0 aromatic heterocycles. The maximum atomic E-state index is 12.3. The Hall–Kier alpha value is -3.48. The number of carbonyl (C=O) groups is 2. The van der Waals surface area contributed by atoms with Crippen LogP contribution in [-0.2, 0) is 9.53 Å². The number of carbonyl (C=O) groups excluding carboxylic acids is 2. The Balaban J connectivity index is 1.93. The molecule has 0 bridgehead atoms. The fourth-order valence-electron chi connectivity index (χ4n) is 2.53. The zero-order chi connectivity index (χ0) is 21.2. The van der Waals surface area contributed by atoms with Crippen LogP contribution in [0.15, 0.2) is 42.5 Å². The summed E-state index contributed by atoms with van der Waals surface area (Å²) in [5, 5.41) is 0. The van der Waals surface area contributed by atoms with Crippen LogP contribution in [0.25, 0.3) is 6.08 Å². The third kappa shape index (κ3) is 6.00. The van der Waals surface area contributed by atoms with Gasteiger partial charge in [0.1, 0.15) is 11.5 Å². The molecule has 0 saturated heterocycles. The molecule has 0 spiro atoms. The summed E-state index contributed by atoms with van der Waals surface area (Å²) in [5.74, 6) is 0.718. The first-order valence-corrected chi connectivity index (χ1v) is 8.86. The lowest BCUT2D eigenvalue weighted by molar-refractivity contribution is -0.144. The predicted octanol–water partition coefficient (Wildman–Crippen LogP) is 3.55. The number of benzene rings is 2. The van der Waals surface area contributed by atoms with E-state index in [-0.39, 0.29) is 6.61 Å². The maximum absolute atomic E-state index is 12.3. The maximum Gasteiger partial charge on any atom is 0.344 e. The molecule has 0 fully saturated rings. The number of methoxy groups -OCH3 is 3. The summed E-state index contributed by atoms with van der Waals surface area (Å²) >= 11 is 0. The van der Waals surface area contributed by atoms with Gasteiger partial charge in [0.2, 0.25) is 5.78 Å². The number of ether oxygens (including phenoxy) is 5. The summed E-state index contributed by atoms with van der Waals surface area (Å²) < 4.78 is 26.0. The number of hydrogen-bond donors (Lipinski definition) is 0. The van der Waals surface area contributed by atoms with E-state index >= 15 is 0 Å². The molecule has 0 N–H and O–H groups in total. The van der Waals surface area contributed by atoms with E-state index in [1.165, 1.54) is 21.3 Å². The Morgan fingerprint density at radius 3 is 2.28 bits per heavy atom. The van der Waals surface area contributed by atoms with E-state index in [1.54, 1.807) is 30.3 Å². The Bertz CT molecular complexity index is 887. The Labute approximate surface area is 169 Å². The molecule has 0 amide bonds. The molecule has 29 heavy (non-hydrogen) atoms.